The van der Waals surface area contributed by atoms with Gasteiger partial charge < -0.3 is 10.1 Å². The number of carbonyl (C=O) groups excluding carboxylic acids is 1. The van der Waals surface area contributed by atoms with Crippen molar-refractivity contribution < 1.29 is 17.9 Å². The zero-order valence-corrected chi connectivity index (χ0v) is 15.1. The summed E-state index contributed by atoms with van der Waals surface area (Å²) in [5.41, 5.74) is 1.24. The molecular formula is C17H18ClNO4S. The number of benzene rings is 2. The number of rotatable bonds is 5. The smallest absolute Gasteiger partial charge is 0.265 e. The molecule has 0 aliphatic carbocycles. The van der Waals surface area contributed by atoms with Crippen molar-refractivity contribution in [2.45, 2.75) is 24.8 Å². The molecule has 0 saturated carbocycles. The van der Waals surface area contributed by atoms with Crippen molar-refractivity contribution in [1.29, 1.82) is 0 Å². The van der Waals surface area contributed by atoms with Gasteiger partial charge in [0.15, 0.2) is 15.9 Å². The average Bonchev–Trinajstić information content (AvgIpc) is 2.48. The quantitative estimate of drug-likeness (QED) is 0.878. The highest BCUT2D eigenvalue weighted by Crippen LogP contribution is 2.25. The van der Waals surface area contributed by atoms with Crippen molar-refractivity contribution in [3.8, 4) is 5.75 Å². The second-order valence-electron chi connectivity index (χ2n) is 5.48. The zero-order chi connectivity index (χ0) is 17.9. The van der Waals surface area contributed by atoms with Crippen LogP contribution in [0.3, 0.4) is 0 Å². The highest BCUT2D eigenvalue weighted by molar-refractivity contribution is 7.90. The fourth-order valence-electron chi connectivity index (χ4n) is 2.01. The molecule has 0 bridgehead atoms. The van der Waals surface area contributed by atoms with E-state index in [0.717, 1.165) is 11.8 Å². The first-order valence-corrected chi connectivity index (χ1v) is 9.47. The topological polar surface area (TPSA) is 72.5 Å². The summed E-state index contributed by atoms with van der Waals surface area (Å²) in [5.74, 6) is 0.151. The van der Waals surface area contributed by atoms with E-state index >= 15 is 0 Å². The van der Waals surface area contributed by atoms with Gasteiger partial charge in [-0.05, 0) is 49.7 Å². The van der Waals surface area contributed by atoms with Gasteiger partial charge in [-0.3, -0.25) is 4.79 Å². The normalized spacial score (nSPS) is 12.5. The average molecular weight is 368 g/mol. The molecule has 2 rings (SSSR count). The molecule has 1 N–H and O–H groups in total. The van der Waals surface area contributed by atoms with Crippen LogP contribution in [0, 0.1) is 6.92 Å². The van der Waals surface area contributed by atoms with E-state index in [1.807, 2.05) is 25.1 Å². The van der Waals surface area contributed by atoms with Gasteiger partial charge in [0.25, 0.3) is 5.91 Å². The Bertz CT molecular complexity index is 865. The number of hydrogen-bond donors (Lipinski definition) is 1. The molecule has 0 aliphatic heterocycles. The molecule has 2 aromatic carbocycles. The first-order valence-electron chi connectivity index (χ1n) is 7.20. The molecule has 0 spiro atoms. The number of carbonyl (C=O) groups is 1. The summed E-state index contributed by atoms with van der Waals surface area (Å²) in [5, 5.41) is 2.85. The van der Waals surface area contributed by atoms with E-state index in [1.54, 1.807) is 13.0 Å². The molecule has 24 heavy (non-hydrogen) atoms. The van der Waals surface area contributed by atoms with Crippen LogP contribution in [-0.2, 0) is 14.6 Å². The van der Waals surface area contributed by atoms with Gasteiger partial charge in [0.1, 0.15) is 5.75 Å². The SMILES string of the molecule is Cc1cccc(O[C@@H](C)C(=O)Nc2cc(S(C)(=O)=O)ccc2Cl)c1. The van der Waals surface area contributed by atoms with Gasteiger partial charge in [0.2, 0.25) is 0 Å². The van der Waals surface area contributed by atoms with Crippen molar-refractivity contribution >= 4 is 33.0 Å². The molecule has 0 aromatic heterocycles. The highest BCUT2D eigenvalue weighted by Gasteiger charge is 2.18. The van der Waals surface area contributed by atoms with Crippen molar-refractivity contribution in [1.82, 2.24) is 0 Å². The molecule has 7 heteroatoms. The van der Waals surface area contributed by atoms with E-state index in [-0.39, 0.29) is 15.6 Å². The van der Waals surface area contributed by atoms with Crippen LogP contribution in [0.5, 0.6) is 5.75 Å². The third kappa shape index (κ3) is 4.72. The fraction of sp³-hybridized carbons (Fsp3) is 0.235. The molecule has 0 saturated heterocycles. The Hall–Kier alpha value is -2.05. The van der Waals surface area contributed by atoms with Gasteiger partial charge in [0.05, 0.1) is 15.6 Å². The number of hydrogen-bond acceptors (Lipinski definition) is 4. The van der Waals surface area contributed by atoms with Gasteiger partial charge in [0, 0.05) is 6.26 Å². The number of ether oxygens (including phenoxy) is 1. The van der Waals surface area contributed by atoms with Crippen LogP contribution in [-0.4, -0.2) is 26.7 Å². The molecule has 1 amide bonds. The minimum Gasteiger partial charge on any atom is -0.481 e. The van der Waals surface area contributed by atoms with E-state index in [1.165, 1.54) is 18.2 Å². The second kappa shape index (κ2) is 7.23. The Morgan fingerprint density at radius 2 is 1.92 bits per heavy atom. The van der Waals surface area contributed by atoms with Crippen LogP contribution >= 0.6 is 11.6 Å². The number of nitrogens with one attached hydrogen (secondary N) is 1. The second-order valence-corrected chi connectivity index (χ2v) is 7.90. The molecule has 128 valence electrons. The van der Waals surface area contributed by atoms with Crippen molar-refractivity contribution in [3.63, 3.8) is 0 Å². The number of halogens is 1. The van der Waals surface area contributed by atoms with Crippen molar-refractivity contribution in [2.24, 2.45) is 0 Å². The summed E-state index contributed by atoms with van der Waals surface area (Å²) in [6.45, 7) is 3.53. The monoisotopic (exact) mass is 367 g/mol. The maximum absolute atomic E-state index is 12.3. The van der Waals surface area contributed by atoms with E-state index in [0.29, 0.717) is 5.75 Å². The number of aryl methyl sites for hydroxylation is 1. The molecule has 0 radical (unpaired) electrons. The first kappa shape index (κ1) is 18.3. The van der Waals surface area contributed by atoms with Crippen LogP contribution in [0.1, 0.15) is 12.5 Å². The minimum atomic E-state index is -3.39. The van der Waals surface area contributed by atoms with Crippen molar-refractivity contribution in [3.05, 3.63) is 53.1 Å². The van der Waals surface area contributed by atoms with E-state index < -0.39 is 21.8 Å². The summed E-state index contributed by atoms with van der Waals surface area (Å²) in [6.07, 6.45) is 0.315. The van der Waals surface area contributed by atoms with Crippen LogP contribution in [0.4, 0.5) is 5.69 Å². The van der Waals surface area contributed by atoms with Crippen LogP contribution < -0.4 is 10.1 Å². The lowest BCUT2D eigenvalue weighted by atomic mass is 10.2. The summed E-state index contributed by atoms with van der Waals surface area (Å²) in [6, 6.07) is 11.5. The van der Waals surface area contributed by atoms with Crippen LogP contribution in [0.15, 0.2) is 47.4 Å². The summed E-state index contributed by atoms with van der Waals surface area (Å²) >= 11 is 6.03. The van der Waals surface area contributed by atoms with Crippen molar-refractivity contribution in [2.75, 3.05) is 11.6 Å². The number of amides is 1. The molecule has 5 nitrogen and oxygen atoms in total. The number of anilines is 1. The van der Waals surface area contributed by atoms with Gasteiger partial charge in [-0.25, -0.2) is 8.42 Å². The lowest BCUT2D eigenvalue weighted by Crippen LogP contribution is -2.30. The van der Waals surface area contributed by atoms with Gasteiger partial charge in [-0.1, -0.05) is 23.7 Å². The Labute approximate surface area is 146 Å². The molecule has 1 atom stereocenters. The molecule has 0 heterocycles. The molecule has 2 aromatic rings. The predicted molar refractivity (Wildman–Crippen MR) is 94.5 cm³/mol. The lowest BCUT2D eigenvalue weighted by Gasteiger charge is -2.16. The Morgan fingerprint density at radius 1 is 1.21 bits per heavy atom. The molecular weight excluding hydrogens is 350 g/mol. The first-order chi connectivity index (χ1) is 11.2. The van der Waals surface area contributed by atoms with Crippen LogP contribution in [0.2, 0.25) is 5.02 Å². The van der Waals surface area contributed by atoms with Gasteiger partial charge in [-0.15, -0.1) is 0 Å². The predicted octanol–water partition coefficient (Wildman–Crippen LogP) is 3.46. The van der Waals surface area contributed by atoms with E-state index in [2.05, 4.69) is 5.32 Å². The lowest BCUT2D eigenvalue weighted by molar-refractivity contribution is -0.122. The zero-order valence-electron chi connectivity index (χ0n) is 13.5. The summed E-state index contributed by atoms with van der Waals surface area (Å²) in [4.78, 5) is 12.3. The maximum Gasteiger partial charge on any atom is 0.265 e. The Kier molecular flexibility index (Phi) is 5.51. The Balaban J connectivity index is 2.14. The highest BCUT2D eigenvalue weighted by atomic mass is 35.5. The summed E-state index contributed by atoms with van der Waals surface area (Å²) < 4.78 is 28.8. The molecule has 0 unspecified atom stereocenters. The molecule has 0 aliphatic rings. The fourth-order valence-corrected chi connectivity index (χ4v) is 2.82. The maximum atomic E-state index is 12.3. The standard InChI is InChI=1S/C17H18ClNO4S/c1-11-5-4-6-13(9-11)23-12(2)17(20)19-16-10-14(24(3,21)22)7-8-15(16)18/h4-10,12H,1-3H3,(H,19,20)/t12-/m0/s1. The van der Waals surface area contributed by atoms with Crippen LogP contribution in [0.25, 0.3) is 0 Å². The van der Waals surface area contributed by atoms with Gasteiger partial charge >= 0.3 is 0 Å². The summed E-state index contributed by atoms with van der Waals surface area (Å²) in [7, 11) is -3.39. The Morgan fingerprint density at radius 3 is 2.54 bits per heavy atom. The number of sulfone groups is 1. The third-order valence-corrected chi connectivity index (χ3v) is 4.74. The minimum absolute atomic E-state index is 0.0782. The van der Waals surface area contributed by atoms with Gasteiger partial charge in [-0.2, -0.15) is 0 Å². The molecule has 0 fully saturated rings. The van der Waals surface area contributed by atoms with E-state index in [4.69, 9.17) is 16.3 Å². The largest absolute Gasteiger partial charge is 0.481 e. The third-order valence-electron chi connectivity index (χ3n) is 3.30. The van der Waals surface area contributed by atoms with E-state index in [9.17, 15) is 13.2 Å².